The lowest BCUT2D eigenvalue weighted by molar-refractivity contribution is -0.123. The molecular weight excluding hydrogens is 176 g/mol. The van der Waals surface area contributed by atoms with Crippen LogP contribution >= 0.6 is 0 Å². The number of rotatable bonds is 3. The summed E-state index contributed by atoms with van der Waals surface area (Å²) in [6.45, 7) is 3.92. The second kappa shape index (κ2) is 5.15. The molecule has 3 heteroatoms. The topological polar surface area (TPSA) is 55.1 Å². The molecule has 0 aliphatic heterocycles. The molecule has 0 aromatic heterocycles. The van der Waals surface area contributed by atoms with Crippen molar-refractivity contribution in [1.82, 2.24) is 5.32 Å². The van der Waals surface area contributed by atoms with E-state index >= 15 is 0 Å². The van der Waals surface area contributed by atoms with Crippen molar-refractivity contribution in [2.45, 2.75) is 45.2 Å². The molecule has 0 spiro atoms. The first-order valence-corrected chi connectivity index (χ1v) is 5.34. The zero-order chi connectivity index (χ0) is 10.6. The van der Waals surface area contributed by atoms with Gasteiger partial charge >= 0.3 is 0 Å². The summed E-state index contributed by atoms with van der Waals surface area (Å²) in [6, 6.07) is -0.189. The van der Waals surface area contributed by atoms with Gasteiger partial charge in [-0.15, -0.1) is 0 Å². The van der Waals surface area contributed by atoms with E-state index in [1.165, 1.54) is 0 Å². The Bertz CT molecular complexity index is 223. The van der Waals surface area contributed by atoms with Crippen molar-refractivity contribution in [3.63, 3.8) is 0 Å². The summed E-state index contributed by atoms with van der Waals surface area (Å²) in [5.74, 6) is 0.166. The molecule has 1 amide bonds. The summed E-state index contributed by atoms with van der Waals surface area (Å²) in [5.41, 5.74) is 5.74. The summed E-state index contributed by atoms with van der Waals surface area (Å²) in [6.07, 6.45) is 7.50. The van der Waals surface area contributed by atoms with E-state index in [9.17, 15) is 4.79 Å². The smallest absolute Gasteiger partial charge is 0.237 e. The van der Waals surface area contributed by atoms with Gasteiger partial charge in [-0.3, -0.25) is 4.79 Å². The van der Waals surface area contributed by atoms with Gasteiger partial charge in [-0.1, -0.05) is 26.0 Å². The maximum Gasteiger partial charge on any atom is 0.237 e. The van der Waals surface area contributed by atoms with Gasteiger partial charge in [0.05, 0.1) is 6.04 Å². The van der Waals surface area contributed by atoms with Crippen LogP contribution in [0.15, 0.2) is 12.2 Å². The van der Waals surface area contributed by atoms with Crippen molar-refractivity contribution in [2.24, 2.45) is 11.7 Å². The normalized spacial score (nSPS) is 23.6. The summed E-state index contributed by atoms with van der Waals surface area (Å²) in [5, 5.41) is 2.95. The first-order chi connectivity index (χ1) is 6.61. The Kier molecular flexibility index (Phi) is 4.14. The number of amides is 1. The average Bonchev–Trinajstić information content (AvgIpc) is 2.18. The molecule has 0 saturated carbocycles. The highest BCUT2D eigenvalue weighted by atomic mass is 16.2. The minimum Gasteiger partial charge on any atom is -0.349 e. The Labute approximate surface area is 85.7 Å². The second-order valence-electron chi connectivity index (χ2n) is 4.24. The summed E-state index contributed by atoms with van der Waals surface area (Å²) >= 11 is 0. The van der Waals surface area contributed by atoms with E-state index in [1.807, 2.05) is 13.8 Å². The Morgan fingerprint density at radius 3 is 2.79 bits per heavy atom. The fraction of sp³-hybridized carbons (Fsp3) is 0.727. The highest BCUT2D eigenvalue weighted by Crippen LogP contribution is 2.10. The van der Waals surface area contributed by atoms with Crippen molar-refractivity contribution in [1.29, 1.82) is 0 Å². The fourth-order valence-electron chi connectivity index (χ4n) is 1.51. The SMILES string of the molecule is CC(C)[C@H](N)C(=O)NC1C=CCCC1. The number of nitrogens with two attached hydrogens (primary N) is 1. The van der Waals surface area contributed by atoms with Crippen molar-refractivity contribution in [2.75, 3.05) is 0 Å². The number of hydrogen-bond acceptors (Lipinski definition) is 2. The van der Waals surface area contributed by atoms with Crippen LogP contribution in [0.1, 0.15) is 33.1 Å². The lowest BCUT2D eigenvalue weighted by Crippen LogP contribution is -2.47. The number of nitrogens with one attached hydrogen (secondary N) is 1. The van der Waals surface area contributed by atoms with Crippen LogP contribution in [0.5, 0.6) is 0 Å². The van der Waals surface area contributed by atoms with E-state index in [1.54, 1.807) is 0 Å². The Morgan fingerprint density at radius 2 is 2.29 bits per heavy atom. The standard InChI is InChI=1S/C11H20N2O/c1-8(2)10(12)11(14)13-9-6-4-3-5-7-9/h4,6,8-10H,3,5,7,12H2,1-2H3,(H,13,14)/t9?,10-/m0/s1. The van der Waals surface area contributed by atoms with Gasteiger partial charge in [-0.05, 0) is 25.2 Å². The molecule has 0 heterocycles. The first kappa shape index (κ1) is 11.2. The third-order valence-electron chi connectivity index (χ3n) is 2.60. The van der Waals surface area contributed by atoms with Gasteiger partial charge < -0.3 is 11.1 Å². The van der Waals surface area contributed by atoms with Crippen LogP contribution in [0, 0.1) is 5.92 Å². The molecule has 3 nitrogen and oxygen atoms in total. The Morgan fingerprint density at radius 1 is 1.57 bits per heavy atom. The molecule has 3 N–H and O–H groups in total. The molecule has 14 heavy (non-hydrogen) atoms. The van der Waals surface area contributed by atoms with E-state index < -0.39 is 0 Å². The fourth-order valence-corrected chi connectivity index (χ4v) is 1.51. The van der Waals surface area contributed by atoms with Gasteiger partial charge in [0, 0.05) is 6.04 Å². The van der Waals surface area contributed by atoms with E-state index in [4.69, 9.17) is 5.73 Å². The minimum absolute atomic E-state index is 0.0310. The molecule has 0 aromatic carbocycles. The van der Waals surface area contributed by atoms with Crippen LogP contribution in [0.4, 0.5) is 0 Å². The predicted octanol–water partition coefficient (Wildman–Crippen LogP) is 1.19. The largest absolute Gasteiger partial charge is 0.349 e. The van der Waals surface area contributed by atoms with Gasteiger partial charge in [0.2, 0.25) is 5.91 Å². The zero-order valence-electron chi connectivity index (χ0n) is 8.99. The summed E-state index contributed by atoms with van der Waals surface area (Å²) in [7, 11) is 0. The molecule has 1 aliphatic carbocycles. The van der Waals surface area contributed by atoms with Crippen LogP contribution in [-0.2, 0) is 4.79 Å². The van der Waals surface area contributed by atoms with Gasteiger partial charge in [0.25, 0.3) is 0 Å². The molecular formula is C11H20N2O. The highest BCUT2D eigenvalue weighted by molar-refractivity contribution is 5.82. The molecule has 0 bridgehead atoms. The van der Waals surface area contributed by atoms with Gasteiger partial charge in [0.1, 0.15) is 0 Å². The molecule has 0 saturated heterocycles. The predicted molar refractivity (Wildman–Crippen MR) is 57.7 cm³/mol. The lowest BCUT2D eigenvalue weighted by atomic mass is 10.0. The molecule has 1 aliphatic rings. The Hall–Kier alpha value is -0.830. The van der Waals surface area contributed by atoms with E-state index in [2.05, 4.69) is 17.5 Å². The van der Waals surface area contributed by atoms with Crippen LogP contribution < -0.4 is 11.1 Å². The maximum atomic E-state index is 11.6. The number of carbonyl (C=O) groups is 1. The van der Waals surface area contributed by atoms with E-state index in [0.29, 0.717) is 0 Å². The highest BCUT2D eigenvalue weighted by Gasteiger charge is 2.19. The maximum absolute atomic E-state index is 11.6. The monoisotopic (exact) mass is 196 g/mol. The molecule has 0 fully saturated rings. The Balaban J connectivity index is 2.39. The first-order valence-electron chi connectivity index (χ1n) is 5.34. The van der Waals surface area contributed by atoms with Crippen molar-refractivity contribution in [3.05, 3.63) is 12.2 Å². The molecule has 80 valence electrons. The number of carbonyl (C=O) groups excluding carboxylic acids is 1. The zero-order valence-corrected chi connectivity index (χ0v) is 8.99. The van der Waals surface area contributed by atoms with Crippen LogP contribution in [-0.4, -0.2) is 18.0 Å². The average molecular weight is 196 g/mol. The third kappa shape index (κ3) is 3.14. The molecule has 1 unspecified atom stereocenters. The lowest BCUT2D eigenvalue weighted by Gasteiger charge is -2.21. The van der Waals surface area contributed by atoms with Crippen molar-refractivity contribution in [3.8, 4) is 0 Å². The summed E-state index contributed by atoms with van der Waals surface area (Å²) in [4.78, 5) is 11.6. The van der Waals surface area contributed by atoms with Gasteiger partial charge in [0.15, 0.2) is 0 Å². The van der Waals surface area contributed by atoms with Crippen LogP contribution in [0.3, 0.4) is 0 Å². The number of hydrogen-bond donors (Lipinski definition) is 2. The minimum atomic E-state index is -0.384. The number of allylic oxidation sites excluding steroid dienone is 1. The molecule has 2 atom stereocenters. The van der Waals surface area contributed by atoms with E-state index in [0.717, 1.165) is 19.3 Å². The molecule has 0 aromatic rings. The molecule has 1 rings (SSSR count). The summed E-state index contributed by atoms with van der Waals surface area (Å²) < 4.78 is 0. The van der Waals surface area contributed by atoms with Gasteiger partial charge in [-0.2, -0.15) is 0 Å². The molecule has 0 radical (unpaired) electrons. The van der Waals surface area contributed by atoms with Crippen LogP contribution in [0.2, 0.25) is 0 Å². The van der Waals surface area contributed by atoms with Gasteiger partial charge in [-0.25, -0.2) is 0 Å². The van der Waals surface area contributed by atoms with Crippen molar-refractivity contribution >= 4 is 5.91 Å². The third-order valence-corrected chi connectivity index (χ3v) is 2.60. The van der Waals surface area contributed by atoms with E-state index in [-0.39, 0.29) is 23.9 Å². The van der Waals surface area contributed by atoms with Crippen molar-refractivity contribution < 1.29 is 4.79 Å². The quantitative estimate of drug-likeness (QED) is 0.666. The second-order valence-corrected chi connectivity index (χ2v) is 4.24. The van der Waals surface area contributed by atoms with Crippen LogP contribution in [0.25, 0.3) is 0 Å².